The van der Waals surface area contributed by atoms with E-state index in [4.69, 9.17) is 5.26 Å². The Labute approximate surface area is 202 Å². The average molecular weight is 451 g/mol. The fourth-order valence-electron chi connectivity index (χ4n) is 4.39. The van der Waals surface area contributed by atoms with Crippen LogP contribution in [0.4, 0.5) is 4.39 Å². The summed E-state index contributed by atoms with van der Waals surface area (Å²) in [6.45, 7) is 2.24. The highest BCUT2D eigenvalue weighted by atomic mass is 19.1. The van der Waals surface area contributed by atoms with Crippen molar-refractivity contribution in [1.29, 1.82) is 5.26 Å². The number of rotatable bonds is 10. The first kappa shape index (κ1) is 23.6. The summed E-state index contributed by atoms with van der Waals surface area (Å²) in [4.78, 5) is 4.67. The van der Waals surface area contributed by atoms with Gasteiger partial charge in [-0.1, -0.05) is 75.1 Å². The Hall–Kier alpha value is -3.51. The minimum absolute atomic E-state index is 0.149. The van der Waals surface area contributed by atoms with Crippen LogP contribution in [0.1, 0.15) is 61.3 Å². The number of nitrogens with zero attached hydrogens (tertiary/aromatic N) is 2. The molecule has 4 rings (SSSR count). The second kappa shape index (κ2) is 11.6. The monoisotopic (exact) mass is 450 g/mol. The Morgan fingerprint density at radius 3 is 2.32 bits per heavy atom. The van der Waals surface area contributed by atoms with Gasteiger partial charge >= 0.3 is 0 Å². The van der Waals surface area contributed by atoms with Crippen molar-refractivity contribution in [3.8, 4) is 17.3 Å². The molecule has 0 radical (unpaired) electrons. The van der Waals surface area contributed by atoms with Crippen LogP contribution in [-0.2, 0) is 19.3 Å². The molecule has 3 aromatic carbocycles. The zero-order valence-corrected chi connectivity index (χ0v) is 19.9. The molecule has 0 saturated carbocycles. The number of aryl methyl sites for hydroxylation is 3. The highest BCUT2D eigenvalue weighted by molar-refractivity contribution is 5.88. The molecule has 0 amide bonds. The average Bonchev–Trinajstić information content (AvgIpc) is 2.89. The number of pyridine rings is 1. The summed E-state index contributed by atoms with van der Waals surface area (Å²) in [5.41, 5.74) is 5.66. The third kappa shape index (κ3) is 5.88. The van der Waals surface area contributed by atoms with Crippen LogP contribution in [0.15, 0.2) is 72.9 Å². The molecule has 0 unspecified atom stereocenters. The molecular formula is C31H31FN2. The molecule has 0 aliphatic rings. The van der Waals surface area contributed by atoms with Crippen LogP contribution in [0.2, 0.25) is 0 Å². The lowest BCUT2D eigenvalue weighted by atomic mass is 9.98. The molecule has 0 saturated heterocycles. The number of halogens is 1. The van der Waals surface area contributed by atoms with Crippen LogP contribution >= 0.6 is 0 Å². The molecule has 1 heterocycles. The highest BCUT2D eigenvalue weighted by Gasteiger charge is 2.10. The van der Waals surface area contributed by atoms with Crippen molar-refractivity contribution >= 4 is 10.8 Å². The Morgan fingerprint density at radius 1 is 0.794 bits per heavy atom. The molecule has 3 heteroatoms. The van der Waals surface area contributed by atoms with Crippen LogP contribution in [0, 0.1) is 17.1 Å². The van der Waals surface area contributed by atoms with E-state index in [1.165, 1.54) is 37.7 Å². The third-order valence-corrected chi connectivity index (χ3v) is 6.49. The lowest BCUT2D eigenvalue weighted by Gasteiger charge is -2.09. The first-order chi connectivity index (χ1) is 16.7. The minimum atomic E-state index is -0.149. The number of unbranched alkanes of at least 4 members (excludes halogenated alkanes) is 4. The van der Waals surface area contributed by atoms with E-state index in [0.717, 1.165) is 35.0 Å². The van der Waals surface area contributed by atoms with E-state index >= 15 is 4.39 Å². The van der Waals surface area contributed by atoms with Gasteiger partial charge in [-0.2, -0.15) is 5.26 Å². The molecule has 0 bridgehead atoms. The highest BCUT2D eigenvalue weighted by Crippen LogP contribution is 2.27. The summed E-state index contributed by atoms with van der Waals surface area (Å²) in [6, 6.07) is 23.6. The molecule has 0 fully saturated rings. The van der Waals surface area contributed by atoms with Gasteiger partial charge in [-0.05, 0) is 72.0 Å². The number of nitriles is 1. The van der Waals surface area contributed by atoms with E-state index in [0.29, 0.717) is 22.9 Å². The Morgan fingerprint density at radius 2 is 1.59 bits per heavy atom. The van der Waals surface area contributed by atoms with Crippen molar-refractivity contribution in [2.75, 3.05) is 0 Å². The SMILES string of the molecule is CCCCCCCc1ccc(-c2ccc3c(F)c(CCc4ccc(C#N)cc4)ccc3c2)nc1. The number of benzene rings is 3. The van der Waals surface area contributed by atoms with Gasteiger partial charge in [0.15, 0.2) is 0 Å². The van der Waals surface area contributed by atoms with Crippen molar-refractivity contribution < 1.29 is 4.39 Å². The smallest absolute Gasteiger partial charge is 0.134 e. The molecule has 0 N–H and O–H groups in total. The quantitative estimate of drug-likeness (QED) is 0.228. The number of hydrogen-bond donors (Lipinski definition) is 0. The van der Waals surface area contributed by atoms with Crippen LogP contribution in [0.5, 0.6) is 0 Å². The number of fused-ring (bicyclic) bond motifs is 1. The molecule has 172 valence electrons. The van der Waals surface area contributed by atoms with Crippen molar-refractivity contribution in [2.45, 2.75) is 58.3 Å². The fraction of sp³-hybridized carbons (Fsp3) is 0.290. The normalized spacial score (nSPS) is 11.0. The van der Waals surface area contributed by atoms with E-state index in [-0.39, 0.29) is 5.82 Å². The first-order valence-electron chi connectivity index (χ1n) is 12.3. The van der Waals surface area contributed by atoms with Gasteiger partial charge in [0.05, 0.1) is 17.3 Å². The maximum atomic E-state index is 15.2. The lowest BCUT2D eigenvalue weighted by Crippen LogP contribution is -1.96. The second-order valence-corrected chi connectivity index (χ2v) is 9.00. The van der Waals surface area contributed by atoms with Crippen LogP contribution < -0.4 is 0 Å². The summed E-state index contributed by atoms with van der Waals surface area (Å²) >= 11 is 0. The predicted molar refractivity (Wildman–Crippen MR) is 138 cm³/mol. The topological polar surface area (TPSA) is 36.7 Å². The van der Waals surface area contributed by atoms with Crippen molar-refractivity contribution in [3.05, 3.63) is 101 Å². The Kier molecular flexibility index (Phi) is 8.04. The minimum Gasteiger partial charge on any atom is -0.256 e. The zero-order chi connectivity index (χ0) is 23.8. The Balaban J connectivity index is 1.43. The molecule has 4 aromatic rings. The lowest BCUT2D eigenvalue weighted by molar-refractivity contribution is 0.620. The van der Waals surface area contributed by atoms with Gasteiger partial charge < -0.3 is 0 Å². The van der Waals surface area contributed by atoms with Gasteiger partial charge in [-0.3, -0.25) is 4.98 Å². The molecule has 0 atom stereocenters. The summed E-state index contributed by atoms with van der Waals surface area (Å²) in [6.07, 6.45) is 10.8. The number of aromatic nitrogens is 1. The van der Waals surface area contributed by atoms with E-state index in [2.05, 4.69) is 30.1 Å². The standard InChI is InChI=1S/C31H31FN2/c1-2-3-4-5-6-7-25-13-19-30(34-22-25)28-17-18-29-27(20-28)16-15-26(31(29)32)14-12-23-8-10-24(21-33)11-9-23/h8-11,13,15-20,22H,2-7,12,14H2,1H3. The molecule has 34 heavy (non-hydrogen) atoms. The van der Waals surface area contributed by atoms with Gasteiger partial charge in [0, 0.05) is 17.1 Å². The van der Waals surface area contributed by atoms with E-state index < -0.39 is 0 Å². The molecule has 1 aromatic heterocycles. The molecule has 0 aliphatic carbocycles. The first-order valence-corrected chi connectivity index (χ1v) is 12.3. The molecular weight excluding hydrogens is 419 g/mol. The largest absolute Gasteiger partial charge is 0.256 e. The van der Waals surface area contributed by atoms with E-state index in [1.54, 1.807) is 0 Å². The van der Waals surface area contributed by atoms with Crippen LogP contribution in [-0.4, -0.2) is 4.98 Å². The van der Waals surface area contributed by atoms with Gasteiger partial charge in [-0.15, -0.1) is 0 Å². The summed E-state index contributed by atoms with van der Waals surface area (Å²) in [7, 11) is 0. The molecule has 0 spiro atoms. The molecule has 0 aliphatic heterocycles. The van der Waals surface area contributed by atoms with Gasteiger partial charge in [0.1, 0.15) is 5.82 Å². The maximum Gasteiger partial charge on any atom is 0.134 e. The predicted octanol–water partition coefficient (Wildman–Crippen LogP) is 8.21. The number of hydrogen-bond acceptors (Lipinski definition) is 2. The van der Waals surface area contributed by atoms with Gasteiger partial charge in [0.2, 0.25) is 0 Å². The maximum absolute atomic E-state index is 15.2. The van der Waals surface area contributed by atoms with Crippen molar-refractivity contribution in [2.24, 2.45) is 0 Å². The van der Waals surface area contributed by atoms with Crippen molar-refractivity contribution in [3.63, 3.8) is 0 Å². The summed E-state index contributed by atoms with van der Waals surface area (Å²) < 4.78 is 15.2. The van der Waals surface area contributed by atoms with E-state index in [1.807, 2.05) is 60.8 Å². The van der Waals surface area contributed by atoms with Gasteiger partial charge in [0.25, 0.3) is 0 Å². The zero-order valence-electron chi connectivity index (χ0n) is 19.9. The fourth-order valence-corrected chi connectivity index (χ4v) is 4.39. The Bertz CT molecular complexity index is 1270. The van der Waals surface area contributed by atoms with Crippen molar-refractivity contribution in [1.82, 2.24) is 4.98 Å². The van der Waals surface area contributed by atoms with E-state index in [9.17, 15) is 0 Å². The van der Waals surface area contributed by atoms with Gasteiger partial charge in [-0.25, -0.2) is 4.39 Å². The second-order valence-electron chi connectivity index (χ2n) is 9.00. The third-order valence-electron chi connectivity index (χ3n) is 6.49. The van der Waals surface area contributed by atoms with Crippen LogP contribution in [0.25, 0.3) is 22.0 Å². The summed E-state index contributed by atoms with van der Waals surface area (Å²) in [5, 5.41) is 10.5. The van der Waals surface area contributed by atoms with Crippen LogP contribution in [0.3, 0.4) is 0 Å². The molecule has 2 nitrogen and oxygen atoms in total. The summed E-state index contributed by atoms with van der Waals surface area (Å²) in [5.74, 6) is -0.149.